The zero-order chi connectivity index (χ0) is 20.6. The Morgan fingerprint density at radius 2 is 1.83 bits per heavy atom. The molecule has 0 bridgehead atoms. The number of carbonyl (C=O) groups is 2. The summed E-state index contributed by atoms with van der Waals surface area (Å²) in [7, 11) is 0. The van der Waals surface area contributed by atoms with Gasteiger partial charge in [0.15, 0.2) is 0 Å². The molecule has 1 heterocycles. The van der Waals surface area contributed by atoms with Gasteiger partial charge in [-0.1, -0.05) is 29.8 Å². The predicted molar refractivity (Wildman–Crippen MR) is 112 cm³/mol. The standard InChI is InChI=1S/C23H28FN3O2/c1-17-5-7-21(8-6-17)26-23(29)27-13-10-18(11-14-27)9-12-25-22(28)16-19-3-2-4-20(24)15-19/h2-8,15,18H,9-14,16H2,1H3,(H,25,28)(H,26,29). The van der Waals surface area contributed by atoms with Gasteiger partial charge in [0.2, 0.25) is 5.91 Å². The highest BCUT2D eigenvalue weighted by atomic mass is 19.1. The summed E-state index contributed by atoms with van der Waals surface area (Å²) in [5.74, 6) is 0.0758. The molecule has 3 rings (SSSR count). The largest absolute Gasteiger partial charge is 0.356 e. The van der Waals surface area contributed by atoms with Crippen molar-refractivity contribution in [2.24, 2.45) is 5.92 Å². The van der Waals surface area contributed by atoms with E-state index in [4.69, 9.17) is 0 Å². The van der Waals surface area contributed by atoms with Crippen molar-refractivity contribution < 1.29 is 14.0 Å². The Labute approximate surface area is 171 Å². The Kier molecular flexibility index (Phi) is 7.22. The molecular formula is C23H28FN3O2. The molecule has 0 spiro atoms. The summed E-state index contributed by atoms with van der Waals surface area (Å²) in [6.07, 6.45) is 2.94. The van der Waals surface area contributed by atoms with Crippen LogP contribution < -0.4 is 10.6 Å². The van der Waals surface area contributed by atoms with Crippen molar-refractivity contribution >= 4 is 17.6 Å². The third kappa shape index (κ3) is 6.59. The van der Waals surface area contributed by atoms with E-state index >= 15 is 0 Å². The molecule has 1 aliphatic heterocycles. The monoisotopic (exact) mass is 397 g/mol. The van der Waals surface area contributed by atoms with Crippen LogP contribution >= 0.6 is 0 Å². The van der Waals surface area contributed by atoms with Gasteiger partial charge < -0.3 is 15.5 Å². The van der Waals surface area contributed by atoms with E-state index in [1.165, 1.54) is 12.1 Å². The number of rotatable bonds is 6. The second-order valence-corrected chi connectivity index (χ2v) is 7.67. The molecule has 2 aromatic carbocycles. The van der Waals surface area contributed by atoms with Gasteiger partial charge in [0.1, 0.15) is 5.82 Å². The lowest BCUT2D eigenvalue weighted by Gasteiger charge is -2.32. The first-order valence-corrected chi connectivity index (χ1v) is 10.1. The number of hydrogen-bond acceptors (Lipinski definition) is 2. The maximum absolute atomic E-state index is 13.2. The maximum Gasteiger partial charge on any atom is 0.321 e. The highest BCUT2D eigenvalue weighted by molar-refractivity contribution is 5.89. The zero-order valence-corrected chi connectivity index (χ0v) is 16.8. The van der Waals surface area contributed by atoms with E-state index in [2.05, 4.69) is 10.6 Å². The molecule has 29 heavy (non-hydrogen) atoms. The van der Waals surface area contributed by atoms with Crippen molar-refractivity contribution in [3.63, 3.8) is 0 Å². The molecule has 2 N–H and O–H groups in total. The van der Waals surface area contributed by atoms with Crippen LogP contribution in [0.1, 0.15) is 30.4 Å². The second-order valence-electron chi connectivity index (χ2n) is 7.67. The van der Waals surface area contributed by atoms with Crippen LogP contribution in [0.4, 0.5) is 14.9 Å². The Hall–Kier alpha value is -2.89. The fourth-order valence-corrected chi connectivity index (χ4v) is 3.57. The molecule has 0 saturated carbocycles. The lowest BCUT2D eigenvalue weighted by molar-refractivity contribution is -0.120. The van der Waals surface area contributed by atoms with Crippen molar-refractivity contribution in [3.05, 3.63) is 65.5 Å². The van der Waals surface area contributed by atoms with Crippen molar-refractivity contribution in [1.82, 2.24) is 10.2 Å². The third-order valence-corrected chi connectivity index (χ3v) is 5.33. The second kappa shape index (κ2) is 10.0. The van der Waals surface area contributed by atoms with Gasteiger partial charge in [-0.15, -0.1) is 0 Å². The number of halogens is 1. The maximum atomic E-state index is 13.2. The highest BCUT2D eigenvalue weighted by Gasteiger charge is 2.22. The first-order chi connectivity index (χ1) is 14.0. The Bertz CT molecular complexity index is 830. The fourth-order valence-electron chi connectivity index (χ4n) is 3.57. The van der Waals surface area contributed by atoms with Gasteiger partial charge in [0.05, 0.1) is 6.42 Å². The number of benzene rings is 2. The number of urea groups is 1. The van der Waals surface area contributed by atoms with E-state index in [0.29, 0.717) is 18.0 Å². The van der Waals surface area contributed by atoms with Crippen LogP contribution in [-0.2, 0) is 11.2 Å². The summed E-state index contributed by atoms with van der Waals surface area (Å²) in [5, 5.41) is 5.86. The summed E-state index contributed by atoms with van der Waals surface area (Å²) in [6, 6.07) is 13.8. The number of nitrogens with zero attached hydrogens (tertiary/aromatic N) is 1. The number of likely N-dealkylation sites (tertiary alicyclic amines) is 1. The Morgan fingerprint density at radius 1 is 1.10 bits per heavy atom. The summed E-state index contributed by atoms with van der Waals surface area (Å²) in [5.41, 5.74) is 2.64. The quantitative estimate of drug-likeness (QED) is 0.770. The molecule has 0 aromatic heterocycles. The van der Waals surface area contributed by atoms with Gasteiger partial charge in [0.25, 0.3) is 0 Å². The molecule has 1 saturated heterocycles. The molecule has 3 amide bonds. The molecule has 0 atom stereocenters. The molecule has 6 heteroatoms. The van der Waals surface area contributed by atoms with Gasteiger partial charge >= 0.3 is 6.03 Å². The highest BCUT2D eigenvalue weighted by Crippen LogP contribution is 2.21. The molecular weight excluding hydrogens is 369 g/mol. The topological polar surface area (TPSA) is 61.4 Å². The van der Waals surface area contributed by atoms with Crippen LogP contribution in [0.15, 0.2) is 48.5 Å². The number of piperidine rings is 1. The summed E-state index contributed by atoms with van der Waals surface area (Å²) >= 11 is 0. The SMILES string of the molecule is Cc1ccc(NC(=O)N2CCC(CCNC(=O)Cc3cccc(F)c3)CC2)cc1. The molecule has 0 radical (unpaired) electrons. The number of hydrogen-bond donors (Lipinski definition) is 2. The smallest absolute Gasteiger partial charge is 0.321 e. The predicted octanol–water partition coefficient (Wildman–Crippen LogP) is 4.13. The minimum absolute atomic E-state index is 0.0595. The molecule has 5 nitrogen and oxygen atoms in total. The van der Waals surface area contributed by atoms with E-state index in [1.807, 2.05) is 36.1 Å². The average molecular weight is 397 g/mol. The van der Waals surface area contributed by atoms with Gasteiger partial charge in [-0.25, -0.2) is 9.18 Å². The molecule has 0 unspecified atom stereocenters. The van der Waals surface area contributed by atoms with Crippen molar-refractivity contribution in [2.45, 2.75) is 32.6 Å². The minimum atomic E-state index is -0.325. The van der Waals surface area contributed by atoms with Crippen LogP contribution in [-0.4, -0.2) is 36.5 Å². The van der Waals surface area contributed by atoms with Crippen molar-refractivity contribution in [1.29, 1.82) is 0 Å². The van der Waals surface area contributed by atoms with Gasteiger partial charge in [-0.2, -0.15) is 0 Å². The third-order valence-electron chi connectivity index (χ3n) is 5.33. The average Bonchev–Trinajstić information content (AvgIpc) is 2.70. The molecule has 0 aliphatic carbocycles. The summed E-state index contributed by atoms with van der Waals surface area (Å²) in [4.78, 5) is 26.2. The van der Waals surface area contributed by atoms with Gasteiger partial charge in [-0.3, -0.25) is 4.79 Å². The normalized spacial score (nSPS) is 14.5. The van der Waals surface area contributed by atoms with Crippen LogP contribution in [0.25, 0.3) is 0 Å². The lowest BCUT2D eigenvalue weighted by atomic mass is 9.93. The number of nitrogens with one attached hydrogen (secondary N) is 2. The summed E-state index contributed by atoms with van der Waals surface area (Å²) < 4.78 is 13.2. The van der Waals surface area contributed by atoms with Crippen LogP contribution in [0, 0.1) is 18.7 Å². The number of anilines is 1. The Balaban J connectivity index is 1.33. The number of amides is 3. The van der Waals surface area contributed by atoms with Crippen LogP contribution in [0.5, 0.6) is 0 Å². The van der Waals surface area contributed by atoms with Crippen LogP contribution in [0.3, 0.4) is 0 Å². The fraction of sp³-hybridized carbons (Fsp3) is 0.391. The first kappa shape index (κ1) is 20.8. The first-order valence-electron chi connectivity index (χ1n) is 10.1. The molecule has 2 aromatic rings. The molecule has 1 fully saturated rings. The van der Waals surface area contributed by atoms with E-state index in [1.54, 1.807) is 12.1 Å². The summed E-state index contributed by atoms with van der Waals surface area (Å²) in [6.45, 7) is 4.06. The zero-order valence-electron chi connectivity index (χ0n) is 16.8. The van der Waals surface area contributed by atoms with Crippen molar-refractivity contribution in [2.75, 3.05) is 25.0 Å². The molecule has 154 valence electrons. The van der Waals surface area contributed by atoms with Crippen molar-refractivity contribution in [3.8, 4) is 0 Å². The number of carbonyl (C=O) groups excluding carboxylic acids is 2. The van der Waals surface area contributed by atoms with E-state index in [9.17, 15) is 14.0 Å². The van der Waals surface area contributed by atoms with Gasteiger partial charge in [0, 0.05) is 25.3 Å². The van der Waals surface area contributed by atoms with Crippen LogP contribution in [0.2, 0.25) is 0 Å². The van der Waals surface area contributed by atoms with Gasteiger partial charge in [-0.05, 0) is 61.9 Å². The lowest BCUT2D eigenvalue weighted by Crippen LogP contribution is -2.41. The minimum Gasteiger partial charge on any atom is -0.356 e. The molecule has 1 aliphatic rings. The van der Waals surface area contributed by atoms with E-state index in [0.717, 1.165) is 43.6 Å². The van der Waals surface area contributed by atoms with E-state index in [-0.39, 0.29) is 24.2 Å². The van der Waals surface area contributed by atoms with E-state index < -0.39 is 0 Å². The Morgan fingerprint density at radius 3 is 2.52 bits per heavy atom. The number of aryl methyl sites for hydroxylation is 1.